The molecule has 1 aliphatic rings. The smallest absolute Gasteiger partial charge is 0.306 e. The number of hydrogen-bond donors (Lipinski definition) is 1. The molecular weight excluding hydrogens is 374 g/mol. The Morgan fingerprint density at radius 3 is 2.62 bits per heavy atom. The molecule has 1 aliphatic heterocycles. The third-order valence-electron chi connectivity index (χ3n) is 4.44. The zero-order valence-corrected chi connectivity index (χ0v) is 15.5. The highest BCUT2D eigenvalue weighted by Crippen LogP contribution is 2.24. The van der Waals surface area contributed by atoms with E-state index < -0.39 is 5.97 Å². The van der Waals surface area contributed by atoms with E-state index in [1.165, 1.54) is 0 Å². The van der Waals surface area contributed by atoms with Crippen molar-refractivity contribution in [1.82, 2.24) is 4.90 Å². The van der Waals surface area contributed by atoms with E-state index in [9.17, 15) is 9.59 Å². The fraction of sp³-hybridized carbons (Fsp3) is 0.556. The molecule has 6 heteroatoms. The Bertz CT molecular complexity index is 561. The first kappa shape index (κ1) is 18.8. The van der Waals surface area contributed by atoms with Gasteiger partial charge < -0.3 is 14.7 Å². The van der Waals surface area contributed by atoms with Crippen LogP contribution in [0.3, 0.4) is 0 Å². The summed E-state index contributed by atoms with van der Waals surface area (Å²) in [7, 11) is 0. The summed E-state index contributed by atoms with van der Waals surface area (Å²) in [6.45, 7) is 3.59. The van der Waals surface area contributed by atoms with Gasteiger partial charge in [0.05, 0.1) is 12.5 Å². The number of carbonyl (C=O) groups excluding carboxylic acids is 1. The van der Waals surface area contributed by atoms with E-state index in [4.69, 9.17) is 9.84 Å². The minimum absolute atomic E-state index is 0.0148. The first-order valence-corrected chi connectivity index (χ1v) is 9.15. The van der Waals surface area contributed by atoms with Crippen molar-refractivity contribution in [3.63, 3.8) is 0 Å². The molecule has 1 amide bonds. The molecule has 132 valence electrons. The molecule has 0 aromatic heterocycles. The molecule has 2 unspecified atom stereocenters. The Morgan fingerprint density at radius 2 is 2.00 bits per heavy atom. The molecule has 0 bridgehead atoms. The summed E-state index contributed by atoms with van der Waals surface area (Å²) in [6, 6.07) is 7.67. The topological polar surface area (TPSA) is 66.8 Å². The van der Waals surface area contributed by atoms with Crippen LogP contribution in [0.5, 0.6) is 5.75 Å². The van der Waals surface area contributed by atoms with Crippen molar-refractivity contribution in [3.8, 4) is 5.75 Å². The number of likely N-dealkylation sites (tertiary alicyclic amines) is 1. The summed E-state index contributed by atoms with van der Waals surface area (Å²) < 4.78 is 6.65. The lowest BCUT2D eigenvalue weighted by Crippen LogP contribution is -2.44. The third kappa shape index (κ3) is 5.51. The van der Waals surface area contributed by atoms with Gasteiger partial charge in [0.1, 0.15) is 5.75 Å². The zero-order valence-electron chi connectivity index (χ0n) is 13.9. The van der Waals surface area contributed by atoms with Gasteiger partial charge in [0.2, 0.25) is 5.91 Å². The Kier molecular flexibility index (Phi) is 7.09. The minimum Gasteiger partial charge on any atom is -0.494 e. The number of halogens is 1. The normalized spacial score (nSPS) is 20.7. The second-order valence-electron chi connectivity index (χ2n) is 6.31. The summed E-state index contributed by atoms with van der Waals surface area (Å²) >= 11 is 3.38. The van der Waals surface area contributed by atoms with Crippen molar-refractivity contribution in [2.45, 2.75) is 32.6 Å². The quantitative estimate of drug-likeness (QED) is 0.714. The SMILES string of the molecule is CC1CN(C(=O)CCCCOc2ccc(Br)cc2)CCC1C(=O)O. The standard InChI is InChI=1S/C18H24BrNO4/c1-13-12-20(10-9-16(13)18(22)23)17(21)4-2-3-11-24-15-7-5-14(19)6-8-15/h5-8,13,16H,2-4,9-12H2,1H3,(H,22,23). The van der Waals surface area contributed by atoms with Crippen LogP contribution < -0.4 is 4.74 Å². The molecule has 1 heterocycles. The lowest BCUT2D eigenvalue weighted by molar-refractivity contribution is -0.148. The second-order valence-corrected chi connectivity index (χ2v) is 7.23. The largest absolute Gasteiger partial charge is 0.494 e. The van der Waals surface area contributed by atoms with Gasteiger partial charge in [0.15, 0.2) is 0 Å². The predicted molar refractivity (Wildman–Crippen MR) is 95.0 cm³/mol. The Morgan fingerprint density at radius 1 is 1.29 bits per heavy atom. The number of aliphatic carboxylic acids is 1. The molecule has 2 atom stereocenters. The Hall–Kier alpha value is -1.56. The van der Waals surface area contributed by atoms with Gasteiger partial charge in [0.25, 0.3) is 0 Å². The van der Waals surface area contributed by atoms with Crippen molar-refractivity contribution in [1.29, 1.82) is 0 Å². The molecule has 1 aromatic carbocycles. The van der Waals surface area contributed by atoms with Crippen LogP contribution in [0.4, 0.5) is 0 Å². The fourth-order valence-corrected chi connectivity index (χ4v) is 3.26. The van der Waals surface area contributed by atoms with Crippen LogP contribution in [0.2, 0.25) is 0 Å². The van der Waals surface area contributed by atoms with Crippen molar-refractivity contribution in [2.75, 3.05) is 19.7 Å². The number of ether oxygens (including phenoxy) is 1. The van der Waals surface area contributed by atoms with Crippen molar-refractivity contribution in [3.05, 3.63) is 28.7 Å². The first-order valence-electron chi connectivity index (χ1n) is 8.36. The maximum atomic E-state index is 12.2. The van der Waals surface area contributed by atoms with Gasteiger partial charge in [-0.15, -0.1) is 0 Å². The number of unbranched alkanes of at least 4 members (excludes halogenated alkanes) is 1. The van der Waals surface area contributed by atoms with Crippen molar-refractivity contribution >= 4 is 27.8 Å². The van der Waals surface area contributed by atoms with Gasteiger partial charge in [-0.3, -0.25) is 9.59 Å². The number of amides is 1. The number of rotatable bonds is 7. The highest BCUT2D eigenvalue weighted by atomic mass is 79.9. The van der Waals surface area contributed by atoms with Crippen molar-refractivity contribution in [2.24, 2.45) is 11.8 Å². The fourth-order valence-electron chi connectivity index (χ4n) is 3.00. The molecule has 1 N–H and O–H groups in total. The molecule has 1 aromatic rings. The molecule has 1 saturated heterocycles. The highest BCUT2D eigenvalue weighted by molar-refractivity contribution is 9.10. The van der Waals surface area contributed by atoms with Crippen LogP contribution >= 0.6 is 15.9 Å². The maximum Gasteiger partial charge on any atom is 0.306 e. The first-order chi connectivity index (χ1) is 11.5. The van der Waals surface area contributed by atoms with Gasteiger partial charge in [-0.2, -0.15) is 0 Å². The molecular formula is C18H24BrNO4. The summed E-state index contributed by atoms with van der Waals surface area (Å²) in [6.07, 6.45) is 2.65. The van der Waals surface area contributed by atoms with E-state index in [0.717, 1.165) is 23.1 Å². The molecule has 0 spiro atoms. The molecule has 2 rings (SSSR count). The van der Waals surface area contributed by atoms with E-state index in [1.807, 2.05) is 31.2 Å². The third-order valence-corrected chi connectivity index (χ3v) is 4.97. The summed E-state index contributed by atoms with van der Waals surface area (Å²) in [4.78, 5) is 25.1. The monoisotopic (exact) mass is 397 g/mol. The summed E-state index contributed by atoms with van der Waals surface area (Å²) in [5.41, 5.74) is 0. The molecule has 0 radical (unpaired) electrons. The van der Waals surface area contributed by atoms with Crippen LogP contribution in [0, 0.1) is 11.8 Å². The number of carboxylic acid groups (broad SMARTS) is 1. The number of benzene rings is 1. The number of piperidine rings is 1. The van der Waals surface area contributed by atoms with Gasteiger partial charge in [-0.1, -0.05) is 22.9 Å². The Labute approximate surface area is 151 Å². The van der Waals surface area contributed by atoms with E-state index >= 15 is 0 Å². The lowest BCUT2D eigenvalue weighted by Gasteiger charge is -2.35. The molecule has 0 saturated carbocycles. The van der Waals surface area contributed by atoms with Gasteiger partial charge in [-0.05, 0) is 49.4 Å². The molecule has 1 fully saturated rings. The maximum absolute atomic E-state index is 12.2. The Balaban J connectivity index is 1.63. The molecule has 0 aliphatic carbocycles. The van der Waals surface area contributed by atoms with Gasteiger partial charge in [-0.25, -0.2) is 0 Å². The average Bonchev–Trinajstić information content (AvgIpc) is 2.55. The van der Waals surface area contributed by atoms with Gasteiger partial charge in [0, 0.05) is 24.0 Å². The average molecular weight is 398 g/mol. The van der Waals surface area contributed by atoms with Crippen LogP contribution in [0.25, 0.3) is 0 Å². The summed E-state index contributed by atoms with van der Waals surface area (Å²) in [5, 5.41) is 9.12. The van der Waals surface area contributed by atoms with Crippen molar-refractivity contribution < 1.29 is 19.4 Å². The van der Waals surface area contributed by atoms with Crippen LogP contribution in [0.1, 0.15) is 32.6 Å². The van der Waals surface area contributed by atoms with E-state index in [2.05, 4.69) is 15.9 Å². The number of carbonyl (C=O) groups is 2. The number of hydrogen-bond acceptors (Lipinski definition) is 3. The number of nitrogens with zero attached hydrogens (tertiary/aromatic N) is 1. The summed E-state index contributed by atoms with van der Waals surface area (Å²) in [5.74, 6) is -0.114. The van der Waals surface area contributed by atoms with Crippen LogP contribution in [-0.2, 0) is 9.59 Å². The van der Waals surface area contributed by atoms with E-state index in [1.54, 1.807) is 4.90 Å². The predicted octanol–water partition coefficient (Wildman–Crippen LogP) is 3.57. The highest BCUT2D eigenvalue weighted by Gasteiger charge is 2.32. The van der Waals surface area contributed by atoms with E-state index in [0.29, 0.717) is 32.5 Å². The minimum atomic E-state index is -0.750. The molecule has 5 nitrogen and oxygen atoms in total. The number of carboxylic acids is 1. The molecule has 24 heavy (non-hydrogen) atoms. The van der Waals surface area contributed by atoms with Crippen LogP contribution in [0.15, 0.2) is 28.7 Å². The zero-order chi connectivity index (χ0) is 17.5. The lowest BCUT2D eigenvalue weighted by atomic mass is 9.87. The second kappa shape index (κ2) is 9.06. The van der Waals surface area contributed by atoms with E-state index in [-0.39, 0.29) is 17.7 Å². The van der Waals surface area contributed by atoms with Gasteiger partial charge >= 0.3 is 5.97 Å². The van der Waals surface area contributed by atoms with Crippen LogP contribution in [-0.4, -0.2) is 41.6 Å².